The van der Waals surface area contributed by atoms with Crippen molar-refractivity contribution in [2.75, 3.05) is 0 Å². The maximum Gasteiger partial charge on any atom is 0.239 e. The second-order valence-corrected chi connectivity index (χ2v) is 3.95. The molecular formula is C9H16N4O. The van der Waals surface area contributed by atoms with Gasteiger partial charge in [0.05, 0.1) is 17.8 Å². The van der Waals surface area contributed by atoms with Crippen LogP contribution in [0.2, 0.25) is 0 Å². The molecule has 1 aromatic rings. The van der Waals surface area contributed by atoms with E-state index in [1.54, 1.807) is 26.2 Å². The Kier molecular flexibility index (Phi) is 2.90. The average Bonchev–Trinajstić information content (AvgIpc) is 2.53. The van der Waals surface area contributed by atoms with E-state index in [0.717, 1.165) is 5.56 Å². The number of aromatic nitrogens is 2. The second kappa shape index (κ2) is 3.79. The van der Waals surface area contributed by atoms with Crippen LogP contribution in [0, 0.1) is 0 Å². The van der Waals surface area contributed by atoms with E-state index < -0.39 is 5.54 Å². The summed E-state index contributed by atoms with van der Waals surface area (Å²) in [4.78, 5) is 11.5. The van der Waals surface area contributed by atoms with E-state index in [2.05, 4.69) is 15.5 Å². The highest BCUT2D eigenvalue weighted by Gasteiger charge is 2.23. The van der Waals surface area contributed by atoms with Gasteiger partial charge >= 0.3 is 0 Å². The van der Waals surface area contributed by atoms with E-state index in [4.69, 9.17) is 5.73 Å². The maximum atomic E-state index is 11.5. The van der Waals surface area contributed by atoms with Gasteiger partial charge in [0.25, 0.3) is 0 Å². The SMILES string of the molecule is CC(NC(=O)C(C)(C)N)c1cn[nH]c1. The number of amides is 1. The summed E-state index contributed by atoms with van der Waals surface area (Å²) >= 11 is 0. The van der Waals surface area contributed by atoms with Crippen molar-refractivity contribution in [2.45, 2.75) is 32.4 Å². The second-order valence-electron chi connectivity index (χ2n) is 3.95. The molecule has 0 spiro atoms. The van der Waals surface area contributed by atoms with Crippen LogP contribution in [0.3, 0.4) is 0 Å². The van der Waals surface area contributed by atoms with Crippen molar-refractivity contribution in [1.29, 1.82) is 0 Å². The molecule has 0 saturated heterocycles. The lowest BCUT2D eigenvalue weighted by Crippen LogP contribution is -2.49. The van der Waals surface area contributed by atoms with E-state index >= 15 is 0 Å². The molecule has 0 aromatic carbocycles. The molecule has 5 heteroatoms. The Labute approximate surface area is 83.1 Å². The van der Waals surface area contributed by atoms with Gasteiger partial charge in [-0.1, -0.05) is 0 Å². The summed E-state index contributed by atoms with van der Waals surface area (Å²) in [7, 11) is 0. The number of nitrogens with two attached hydrogens (primary N) is 1. The van der Waals surface area contributed by atoms with E-state index in [-0.39, 0.29) is 11.9 Å². The molecule has 5 nitrogen and oxygen atoms in total. The van der Waals surface area contributed by atoms with Gasteiger partial charge in [-0.2, -0.15) is 5.10 Å². The summed E-state index contributed by atoms with van der Waals surface area (Å²) in [5.74, 6) is -0.175. The lowest BCUT2D eigenvalue weighted by atomic mass is 10.1. The third-order valence-electron chi connectivity index (χ3n) is 1.95. The summed E-state index contributed by atoms with van der Waals surface area (Å²) in [5.41, 5.74) is 5.73. The molecule has 1 unspecified atom stereocenters. The fourth-order valence-corrected chi connectivity index (χ4v) is 0.964. The van der Waals surface area contributed by atoms with Crippen LogP contribution in [0.15, 0.2) is 12.4 Å². The average molecular weight is 196 g/mol. The van der Waals surface area contributed by atoms with Gasteiger partial charge in [0.2, 0.25) is 5.91 Å². The molecule has 1 heterocycles. The first-order valence-electron chi connectivity index (χ1n) is 4.50. The smallest absolute Gasteiger partial charge is 0.239 e. The molecule has 0 aliphatic carbocycles. The summed E-state index contributed by atoms with van der Waals surface area (Å²) in [6, 6.07) is -0.0796. The number of rotatable bonds is 3. The van der Waals surface area contributed by atoms with Gasteiger partial charge in [-0.15, -0.1) is 0 Å². The van der Waals surface area contributed by atoms with Crippen molar-refractivity contribution in [3.8, 4) is 0 Å². The lowest BCUT2D eigenvalue weighted by molar-refractivity contribution is -0.125. The van der Waals surface area contributed by atoms with Gasteiger partial charge < -0.3 is 11.1 Å². The van der Waals surface area contributed by atoms with Gasteiger partial charge in [-0.25, -0.2) is 0 Å². The van der Waals surface area contributed by atoms with Crippen LogP contribution in [-0.2, 0) is 4.79 Å². The van der Waals surface area contributed by atoms with Gasteiger partial charge in [-0.05, 0) is 20.8 Å². The molecule has 1 atom stereocenters. The summed E-state index contributed by atoms with van der Waals surface area (Å²) in [6.45, 7) is 5.23. The summed E-state index contributed by atoms with van der Waals surface area (Å²) < 4.78 is 0. The third-order valence-corrected chi connectivity index (χ3v) is 1.95. The highest BCUT2D eigenvalue weighted by Crippen LogP contribution is 2.10. The number of hydrogen-bond acceptors (Lipinski definition) is 3. The molecule has 4 N–H and O–H groups in total. The predicted molar refractivity (Wildman–Crippen MR) is 53.4 cm³/mol. The van der Waals surface area contributed by atoms with Crippen LogP contribution < -0.4 is 11.1 Å². The molecule has 78 valence electrons. The topological polar surface area (TPSA) is 83.8 Å². The fraction of sp³-hybridized carbons (Fsp3) is 0.556. The quantitative estimate of drug-likeness (QED) is 0.651. The standard InChI is InChI=1S/C9H16N4O/c1-6(7-4-11-12-5-7)13-8(14)9(2,3)10/h4-6H,10H2,1-3H3,(H,11,12)(H,13,14). The zero-order valence-corrected chi connectivity index (χ0v) is 8.66. The summed E-state index contributed by atoms with van der Waals surface area (Å²) in [5, 5.41) is 9.29. The molecule has 14 heavy (non-hydrogen) atoms. The molecular weight excluding hydrogens is 180 g/mol. The fourth-order valence-electron chi connectivity index (χ4n) is 0.964. The minimum absolute atomic E-state index is 0.0796. The molecule has 1 amide bonds. The number of nitrogens with one attached hydrogen (secondary N) is 2. The first-order chi connectivity index (χ1) is 6.41. The normalized spacial score (nSPS) is 13.7. The Morgan fingerprint density at radius 2 is 2.36 bits per heavy atom. The van der Waals surface area contributed by atoms with Gasteiger partial charge in [0, 0.05) is 11.8 Å². The van der Waals surface area contributed by atoms with E-state index in [1.165, 1.54) is 0 Å². The van der Waals surface area contributed by atoms with Crippen LogP contribution in [0.1, 0.15) is 32.4 Å². The number of nitrogens with zero attached hydrogens (tertiary/aromatic N) is 1. The monoisotopic (exact) mass is 196 g/mol. The molecule has 0 aliphatic heterocycles. The Bertz CT molecular complexity index is 299. The molecule has 0 fully saturated rings. The molecule has 0 bridgehead atoms. The largest absolute Gasteiger partial charge is 0.348 e. The zero-order valence-electron chi connectivity index (χ0n) is 8.66. The Balaban J connectivity index is 2.58. The Hall–Kier alpha value is -1.36. The molecule has 1 aromatic heterocycles. The van der Waals surface area contributed by atoms with Crippen LogP contribution >= 0.6 is 0 Å². The number of aromatic amines is 1. The first kappa shape index (κ1) is 10.7. The molecule has 0 aliphatic rings. The zero-order chi connectivity index (χ0) is 10.8. The Morgan fingerprint density at radius 1 is 1.71 bits per heavy atom. The van der Waals surface area contributed by atoms with Gasteiger partial charge in [-0.3, -0.25) is 9.89 Å². The predicted octanol–water partition coefficient (Wildman–Crippen LogP) is 0.324. The number of H-pyrrole nitrogens is 1. The number of carbonyl (C=O) groups excluding carboxylic acids is 1. The maximum absolute atomic E-state index is 11.5. The van der Waals surface area contributed by atoms with E-state index in [9.17, 15) is 4.79 Å². The highest BCUT2D eigenvalue weighted by atomic mass is 16.2. The van der Waals surface area contributed by atoms with Crippen LogP contribution in [-0.4, -0.2) is 21.6 Å². The molecule has 0 radical (unpaired) electrons. The van der Waals surface area contributed by atoms with Crippen LogP contribution in [0.4, 0.5) is 0 Å². The summed E-state index contributed by atoms with van der Waals surface area (Å²) in [6.07, 6.45) is 3.42. The third kappa shape index (κ3) is 2.56. The van der Waals surface area contributed by atoms with Crippen LogP contribution in [0.5, 0.6) is 0 Å². The van der Waals surface area contributed by atoms with Gasteiger partial charge in [0.1, 0.15) is 0 Å². The minimum Gasteiger partial charge on any atom is -0.348 e. The van der Waals surface area contributed by atoms with Crippen molar-refractivity contribution in [3.63, 3.8) is 0 Å². The lowest BCUT2D eigenvalue weighted by Gasteiger charge is -2.21. The number of hydrogen-bond donors (Lipinski definition) is 3. The minimum atomic E-state index is -0.849. The van der Waals surface area contributed by atoms with Crippen molar-refractivity contribution >= 4 is 5.91 Å². The number of carbonyl (C=O) groups is 1. The molecule has 0 saturated carbocycles. The molecule has 1 rings (SSSR count). The van der Waals surface area contributed by atoms with Crippen molar-refractivity contribution in [3.05, 3.63) is 18.0 Å². The van der Waals surface area contributed by atoms with Crippen molar-refractivity contribution in [1.82, 2.24) is 15.5 Å². The van der Waals surface area contributed by atoms with E-state index in [1.807, 2.05) is 6.92 Å². The van der Waals surface area contributed by atoms with Crippen molar-refractivity contribution < 1.29 is 4.79 Å². The van der Waals surface area contributed by atoms with Gasteiger partial charge in [0.15, 0.2) is 0 Å². The first-order valence-corrected chi connectivity index (χ1v) is 4.50. The van der Waals surface area contributed by atoms with Crippen molar-refractivity contribution in [2.24, 2.45) is 5.73 Å². The highest BCUT2D eigenvalue weighted by molar-refractivity contribution is 5.85. The van der Waals surface area contributed by atoms with Crippen LogP contribution in [0.25, 0.3) is 0 Å². The Morgan fingerprint density at radius 3 is 2.79 bits per heavy atom. The van der Waals surface area contributed by atoms with E-state index in [0.29, 0.717) is 0 Å².